The first-order valence-electron chi connectivity index (χ1n) is 10.9. The van der Waals surface area contributed by atoms with Crippen LogP contribution < -0.4 is 5.73 Å². The van der Waals surface area contributed by atoms with Crippen molar-refractivity contribution in [3.05, 3.63) is 6.42 Å². The number of hydrogen-bond acceptors (Lipinski definition) is 6. The Morgan fingerprint density at radius 1 is 1.00 bits per heavy atom. The van der Waals surface area contributed by atoms with Gasteiger partial charge in [0.2, 0.25) is 0 Å². The Labute approximate surface area is 165 Å². The number of unbranched alkanes of at least 4 members (excludes halogenated alkanes) is 10. The van der Waals surface area contributed by atoms with Crippen molar-refractivity contribution in [3.8, 4) is 0 Å². The summed E-state index contributed by atoms with van der Waals surface area (Å²) in [5, 5.41) is 29.2. The van der Waals surface area contributed by atoms with E-state index in [1.165, 1.54) is 57.8 Å². The predicted molar refractivity (Wildman–Crippen MR) is 107 cm³/mol. The van der Waals surface area contributed by atoms with Crippen molar-refractivity contribution < 1.29 is 24.8 Å². The molecule has 6 nitrogen and oxygen atoms in total. The number of hydrogen-bond donors (Lipinski definition) is 4. The number of nitrogens with two attached hydrogens (primary N) is 1. The van der Waals surface area contributed by atoms with Crippen molar-refractivity contribution in [1.82, 2.24) is 0 Å². The van der Waals surface area contributed by atoms with E-state index in [4.69, 9.17) is 15.2 Å². The molecule has 0 amide bonds. The lowest BCUT2D eigenvalue weighted by Crippen LogP contribution is -2.63. The summed E-state index contributed by atoms with van der Waals surface area (Å²) < 4.78 is 10.9. The number of aliphatic hydroxyl groups excluding tert-OH is 3. The minimum atomic E-state index is -1.25. The second-order valence-electron chi connectivity index (χ2n) is 7.83. The molecule has 0 aliphatic carbocycles. The molecule has 1 aliphatic rings. The Kier molecular flexibility index (Phi) is 13.5. The maximum Gasteiger partial charge on any atom is 0.173 e. The van der Waals surface area contributed by atoms with E-state index < -0.39 is 30.6 Å². The van der Waals surface area contributed by atoms with Crippen molar-refractivity contribution in [3.63, 3.8) is 0 Å². The molecular weight excluding hydrogens is 346 g/mol. The third kappa shape index (κ3) is 9.68. The van der Waals surface area contributed by atoms with Gasteiger partial charge in [-0.05, 0) is 19.8 Å². The fourth-order valence-electron chi connectivity index (χ4n) is 3.56. The fraction of sp³-hybridized carbons (Fsp3) is 0.952. The zero-order chi connectivity index (χ0) is 20.1. The number of ether oxygens (including phenoxy) is 2. The highest BCUT2D eigenvalue weighted by Gasteiger charge is 2.43. The van der Waals surface area contributed by atoms with Gasteiger partial charge >= 0.3 is 0 Å². The van der Waals surface area contributed by atoms with E-state index in [1.54, 1.807) is 0 Å². The lowest BCUT2D eigenvalue weighted by atomic mass is 9.97. The van der Waals surface area contributed by atoms with Crippen LogP contribution in [0.5, 0.6) is 0 Å². The van der Waals surface area contributed by atoms with Crippen molar-refractivity contribution in [2.24, 2.45) is 5.73 Å². The second kappa shape index (κ2) is 14.7. The largest absolute Gasteiger partial charge is 0.394 e. The lowest BCUT2D eigenvalue weighted by molar-refractivity contribution is -0.261. The molecule has 0 aromatic carbocycles. The topological polar surface area (TPSA) is 105 Å². The van der Waals surface area contributed by atoms with Gasteiger partial charge in [-0.15, -0.1) is 0 Å². The summed E-state index contributed by atoms with van der Waals surface area (Å²) in [7, 11) is 0. The van der Waals surface area contributed by atoms with E-state index in [0.717, 1.165) is 12.8 Å². The van der Waals surface area contributed by atoms with E-state index in [1.807, 2.05) is 6.92 Å². The van der Waals surface area contributed by atoms with Gasteiger partial charge in [0, 0.05) is 0 Å². The molecule has 1 aliphatic heterocycles. The average molecular weight is 389 g/mol. The third-order valence-electron chi connectivity index (χ3n) is 5.35. The lowest BCUT2D eigenvalue weighted by Gasteiger charge is -2.41. The summed E-state index contributed by atoms with van der Waals surface area (Å²) in [6.45, 7) is 3.77. The predicted octanol–water partition coefficient (Wildman–Crippen LogP) is 2.67. The fourth-order valence-corrected chi connectivity index (χ4v) is 3.56. The van der Waals surface area contributed by atoms with E-state index in [0.29, 0.717) is 0 Å². The number of aliphatic hydroxyl groups is 3. The van der Waals surface area contributed by atoms with Gasteiger partial charge in [-0.3, -0.25) is 0 Å². The van der Waals surface area contributed by atoms with E-state index in [-0.39, 0.29) is 12.7 Å². The van der Waals surface area contributed by atoms with Gasteiger partial charge in [0.15, 0.2) is 6.29 Å². The maximum atomic E-state index is 10.2. The van der Waals surface area contributed by atoms with E-state index in [2.05, 4.69) is 13.3 Å². The molecule has 161 valence electrons. The Hall–Kier alpha value is -0.240. The zero-order valence-electron chi connectivity index (χ0n) is 17.3. The first kappa shape index (κ1) is 24.8. The van der Waals surface area contributed by atoms with Gasteiger partial charge in [-0.1, -0.05) is 71.1 Å². The molecule has 0 saturated carbocycles. The van der Waals surface area contributed by atoms with Crippen molar-refractivity contribution in [2.45, 2.75) is 121 Å². The molecule has 0 aromatic rings. The molecule has 5 N–H and O–H groups in total. The van der Waals surface area contributed by atoms with Crippen LogP contribution in [0, 0.1) is 6.42 Å². The monoisotopic (exact) mass is 388 g/mol. The molecule has 0 bridgehead atoms. The summed E-state index contributed by atoms with van der Waals surface area (Å²) in [4.78, 5) is 0. The van der Waals surface area contributed by atoms with E-state index in [9.17, 15) is 15.3 Å². The molecule has 0 spiro atoms. The molecule has 6 atom stereocenters. The van der Waals surface area contributed by atoms with Crippen molar-refractivity contribution in [1.29, 1.82) is 0 Å². The van der Waals surface area contributed by atoms with Gasteiger partial charge in [0.05, 0.1) is 18.8 Å². The van der Waals surface area contributed by atoms with Gasteiger partial charge < -0.3 is 30.5 Å². The first-order valence-corrected chi connectivity index (χ1v) is 10.9. The second-order valence-corrected chi connectivity index (χ2v) is 7.83. The van der Waals surface area contributed by atoms with Crippen molar-refractivity contribution in [2.75, 3.05) is 6.61 Å². The van der Waals surface area contributed by atoms with Gasteiger partial charge in [-0.2, -0.15) is 0 Å². The summed E-state index contributed by atoms with van der Waals surface area (Å²) in [6.07, 6.45) is 12.0. The van der Waals surface area contributed by atoms with Crippen LogP contribution in [0.15, 0.2) is 0 Å². The average Bonchev–Trinajstić information content (AvgIpc) is 2.66. The standard InChI is InChI=1S/C21H42NO5/c1-3-4-5-6-7-8-9-10-11-12-13-14-16(2)26-20-18(22)21(25)27-17(15-23)19(20)24/h14,16-21,23-25H,3-13,15,22H2,1-2H3/t16?,17-,18-,19-,20-,21+/m1/s1. The summed E-state index contributed by atoms with van der Waals surface area (Å²) in [5.41, 5.74) is 5.88. The highest BCUT2D eigenvalue weighted by atomic mass is 16.6. The first-order chi connectivity index (χ1) is 13.0. The van der Waals surface area contributed by atoms with Crippen molar-refractivity contribution >= 4 is 0 Å². The molecule has 1 rings (SSSR count). The molecular formula is C21H42NO5. The molecule has 1 saturated heterocycles. The molecule has 27 heavy (non-hydrogen) atoms. The van der Waals surface area contributed by atoms with Gasteiger partial charge in [0.25, 0.3) is 0 Å². The van der Waals surface area contributed by atoms with Gasteiger partial charge in [0.1, 0.15) is 18.3 Å². The minimum absolute atomic E-state index is 0.182. The van der Waals surface area contributed by atoms with Crippen LogP contribution in [0.4, 0.5) is 0 Å². The summed E-state index contributed by atoms with van der Waals surface area (Å²) in [5.74, 6) is 0. The van der Waals surface area contributed by atoms with Crippen LogP contribution >= 0.6 is 0 Å². The Morgan fingerprint density at radius 3 is 2.11 bits per heavy atom. The summed E-state index contributed by atoms with van der Waals surface area (Å²) >= 11 is 0. The molecule has 0 aromatic heterocycles. The SMILES string of the molecule is CCCCCCCCCCCC[CH]C(C)O[C@@H]1[C@@H](N)[C@@H](O)O[C@H](CO)[C@H]1O. The quantitative estimate of drug-likeness (QED) is 0.322. The minimum Gasteiger partial charge on any atom is -0.394 e. The molecule has 1 fully saturated rings. The van der Waals surface area contributed by atoms with Crippen LogP contribution in [0.25, 0.3) is 0 Å². The number of rotatable bonds is 15. The summed E-state index contributed by atoms with van der Waals surface area (Å²) in [6, 6.07) is -0.837. The maximum absolute atomic E-state index is 10.2. The Morgan fingerprint density at radius 2 is 1.56 bits per heavy atom. The van der Waals surface area contributed by atoms with Crippen LogP contribution in [0.3, 0.4) is 0 Å². The smallest absolute Gasteiger partial charge is 0.173 e. The van der Waals surface area contributed by atoms with Crippen LogP contribution in [0.2, 0.25) is 0 Å². The van der Waals surface area contributed by atoms with E-state index >= 15 is 0 Å². The molecule has 1 radical (unpaired) electrons. The normalized spacial score (nSPS) is 29.8. The zero-order valence-corrected chi connectivity index (χ0v) is 17.3. The Bertz CT molecular complexity index is 357. The molecule has 1 unspecified atom stereocenters. The molecule has 6 heteroatoms. The highest BCUT2D eigenvalue weighted by molar-refractivity contribution is 4.93. The Balaban J connectivity index is 2.08. The van der Waals surface area contributed by atoms with Crippen LogP contribution in [-0.2, 0) is 9.47 Å². The van der Waals surface area contributed by atoms with Crippen LogP contribution in [-0.4, -0.2) is 58.7 Å². The third-order valence-corrected chi connectivity index (χ3v) is 5.35. The van der Waals surface area contributed by atoms with Crippen LogP contribution in [0.1, 0.15) is 84.5 Å². The molecule has 1 heterocycles. The van der Waals surface area contributed by atoms with Gasteiger partial charge in [-0.25, -0.2) is 0 Å². The highest BCUT2D eigenvalue weighted by Crippen LogP contribution is 2.23.